The van der Waals surface area contributed by atoms with Crippen LogP contribution in [0.15, 0.2) is 71.6 Å². The molecule has 0 bridgehead atoms. The van der Waals surface area contributed by atoms with Gasteiger partial charge in [0.2, 0.25) is 0 Å². The first kappa shape index (κ1) is 27.6. The normalized spacial score (nSPS) is 22.1. The topological polar surface area (TPSA) is 102 Å². The molecule has 198 valence electrons. The molecule has 0 saturated carbocycles. The third kappa shape index (κ3) is 6.90. The Morgan fingerprint density at radius 3 is 2.41 bits per heavy atom. The van der Waals surface area contributed by atoms with E-state index in [0.29, 0.717) is 18.1 Å². The molecule has 0 unspecified atom stereocenters. The molecule has 0 radical (unpaired) electrons. The summed E-state index contributed by atoms with van der Waals surface area (Å²) in [5, 5.41) is 21.6. The lowest BCUT2D eigenvalue weighted by Gasteiger charge is -2.37. The first-order valence-corrected chi connectivity index (χ1v) is 13.9. The van der Waals surface area contributed by atoms with Crippen molar-refractivity contribution in [2.24, 2.45) is 0 Å². The molecule has 4 atom stereocenters. The Morgan fingerprint density at radius 2 is 1.73 bits per heavy atom. The summed E-state index contributed by atoms with van der Waals surface area (Å²) in [6.07, 6.45) is -3.30. The molecular weight excluding hydrogens is 516 g/mol. The van der Waals surface area contributed by atoms with Gasteiger partial charge in [0, 0.05) is 11.4 Å². The second-order valence-electron chi connectivity index (χ2n) is 9.11. The van der Waals surface area contributed by atoms with Crippen LogP contribution in [0.4, 0.5) is 0 Å². The minimum Gasteiger partial charge on any atom is -0.494 e. The molecule has 2 N–H and O–H groups in total. The predicted molar refractivity (Wildman–Crippen MR) is 140 cm³/mol. The number of hydrogen-bond donors (Lipinski definition) is 2. The van der Waals surface area contributed by atoms with Crippen LogP contribution in [0.2, 0.25) is 5.02 Å². The van der Waals surface area contributed by atoms with Crippen LogP contribution in [-0.4, -0.2) is 50.2 Å². The Hall–Kier alpha value is -2.46. The van der Waals surface area contributed by atoms with Crippen LogP contribution in [0.1, 0.15) is 41.7 Å². The Labute approximate surface area is 222 Å². The fourth-order valence-electron chi connectivity index (χ4n) is 4.26. The third-order valence-corrected chi connectivity index (χ3v) is 8.00. The lowest BCUT2D eigenvalue weighted by Crippen LogP contribution is -2.48. The first-order chi connectivity index (χ1) is 17.7. The minimum absolute atomic E-state index is 0.0112. The second-order valence-corrected chi connectivity index (χ2v) is 11.1. The Morgan fingerprint density at radius 1 is 1.03 bits per heavy atom. The molecular formula is C28H31ClO7S. The van der Waals surface area contributed by atoms with Crippen molar-refractivity contribution < 1.29 is 32.3 Å². The van der Waals surface area contributed by atoms with Crippen molar-refractivity contribution in [1.29, 1.82) is 0 Å². The molecule has 1 heterocycles. The molecule has 1 fully saturated rings. The highest BCUT2D eigenvalue weighted by Crippen LogP contribution is 2.34. The van der Waals surface area contributed by atoms with E-state index >= 15 is 0 Å². The predicted octanol–water partition coefficient (Wildman–Crippen LogP) is 4.60. The van der Waals surface area contributed by atoms with Gasteiger partial charge in [0.15, 0.2) is 0 Å². The summed E-state index contributed by atoms with van der Waals surface area (Å²) in [6.45, 7) is 3.95. The van der Waals surface area contributed by atoms with Crippen LogP contribution >= 0.6 is 11.6 Å². The summed E-state index contributed by atoms with van der Waals surface area (Å²) >= 11 is 6.47. The van der Waals surface area contributed by atoms with E-state index in [4.69, 9.17) is 25.3 Å². The van der Waals surface area contributed by atoms with Gasteiger partial charge in [-0.2, -0.15) is 8.42 Å². The molecule has 3 aromatic rings. The molecule has 1 saturated heterocycles. The summed E-state index contributed by atoms with van der Waals surface area (Å²) < 4.78 is 41.9. The van der Waals surface area contributed by atoms with Crippen molar-refractivity contribution >= 4 is 21.7 Å². The zero-order valence-electron chi connectivity index (χ0n) is 20.7. The van der Waals surface area contributed by atoms with E-state index in [1.165, 1.54) is 12.1 Å². The molecule has 0 aliphatic carbocycles. The fourth-order valence-corrected chi connectivity index (χ4v) is 5.36. The van der Waals surface area contributed by atoms with E-state index in [1.54, 1.807) is 24.3 Å². The second kappa shape index (κ2) is 11.9. The van der Waals surface area contributed by atoms with E-state index in [-0.39, 0.29) is 11.3 Å². The van der Waals surface area contributed by atoms with Gasteiger partial charge in [-0.3, -0.25) is 4.18 Å². The number of benzene rings is 3. The number of aliphatic hydroxyl groups is 2. The number of ether oxygens (including phenoxy) is 2. The van der Waals surface area contributed by atoms with Gasteiger partial charge >= 0.3 is 0 Å². The van der Waals surface area contributed by atoms with E-state index < -0.39 is 41.1 Å². The van der Waals surface area contributed by atoms with Gasteiger partial charge in [0.1, 0.15) is 18.0 Å². The van der Waals surface area contributed by atoms with Crippen molar-refractivity contribution in [2.45, 2.75) is 56.0 Å². The highest BCUT2D eigenvalue weighted by Gasteiger charge is 2.38. The zero-order valence-corrected chi connectivity index (χ0v) is 22.3. The molecule has 1 aliphatic heterocycles. The van der Waals surface area contributed by atoms with Crippen LogP contribution in [0.25, 0.3) is 0 Å². The highest BCUT2D eigenvalue weighted by atomic mass is 35.5. The molecule has 9 heteroatoms. The molecule has 4 rings (SSSR count). The average Bonchev–Trinajstić information content (AvgIpc) is 2.88. The first-order valence-electron chi connectivity index (χ1n) is 12.1. The summed E-state index contributed by atoms with van der Waals surface area (Å²) in [7, 11) is -4.05. The smallest absolute Gasteiger partial charge is 0.297 e. The molecule has 1 aliphatic rings. The summed E-state index contributed by atoms with van der Waals surface area (Å²) in [5.74, 6) is 0.798. The Balaban J connectivity index is 1.47. The van der Waals surface area contributed by atoms with Crippen LogP contribution in [0.5, 0.6) is 5.75 Å². The number of halogens is 1. The molecule has 3 aromatic carbocycles. The fraction of sp³-hybridized carbons (Fsp3) is 0.357. The summed E-state index contributed by atoms with van der Waals surface area (Å²) in [5.41, 5.74) is 3.61. The van der Waals surface area contributed by atoms with Gasteiger partial charge < -0.3 is 19.7 Å². The number of aliphatic hydroxyl groups excluding tert-OH is 2. The standard InChI is InChI=1S/C28H31ClO7S/c1-3-34-22-9-6-19(7-10-22)14-21-15-20(8-13-24(21)29)26-16-25(30)28(31)27(36-26)17-35-37(32,33)23-11-4-18(2)5-12-23/h4-13,15,25-28,30-31H,3,14,16-17H2,1-2H3/t25-,26-,27-,28+/m1/s1. The lowest BCUT2D eigenvalue weighted by molar-refractivity contribution is -0.178. The van der Waals surface area contributed by atoms with Gasteiger partial charge in [0.25, 0.3) is 10.1 Å². The number of hydrogen-bond acceptors (Lipinski definition) is 7. The van der Waals surface area contributed by atoms with Crippen molar-refractivity contribution in [2.75, 3.05) is 13.2 Å². The quantitative estimate of drug-likeness (QED) is 0.378. The van der Waals surface area contributed by atoms with Crippen LogP contribution < -0.4 is 4.74 Å². The van der Waals surface area contributed by atoms with E-state index in [2.05, 4.69) is 0 Å². The van der Waals surface area contributed by atoms with Crippen LogP contribution in [0, 0.1) is 6.92 Å². The number of rotatable bonds is 9. The maximum Gasteiger partial charge on any atom is 0.297 e. The largest absolute Gasteiger partial charge is 0.494 e. The van der Waals surface area contributed by atoms with Crippen LogP contribution in [0.3, 0.4) is 0 Å². The van der Waals surface area contributed by atoms with Gasteiger partial charge in [-0.15, -0.1) is 0 Å². The van der Waals surface area contributed by atoms with Gasteiger partial charge in [-0.25, -0.2) is 0 Å². The van der Waals surface area contributed by atoms with Gasteiger partial charge in [-0.05, 0) is 67.3 Å². The summed E-state index contributed by atoms with van der Waals surface area (Å²) in [6, 6.07) is 19.5. The van der Waals surface area contributed by atoms with Crippen molar-refractivity contribution in [3.8, 4) is 5.75 Å². The van der Waals surface area contributed by atoms with E-state index in [1.807, 2.05) is 44.2 Å². The van der Waals surface area contributed by atoms with Crippen molar-refractivity contribution in [3.63, 3.8) is 0 Å². The SMILES string of the molecule is CCOc1ccc(Cc2cc([C@H]3C[C@@H](O)[C@H](O)[C@@H](COS(=O)(=O)c4ccc(C)cc4)O3)ccc2Cl)cc1. The number of aryl methyl sites for hydroxylation is 1. The Bertz CT molecular complexity index is 1290. The Kier molecular flexibility index (Phi) is 8.90. The van der Waals surface area contributed by atoms with Gasteiger partial charge in [-0.1, -0.05) is 53.6 Å². The van der Waals surface area contributed by atoms with E-state index in [9.17, 15) is 18.6 Å². The summed E-state index contributed by atoms with van der Waals surface area (Å²) in [4.78, 5) is 0.0112. The minimum atomic E-state index is -4.05. The van der Waals surface area contributed by atoms with Gasteiger partial charge in [0.05, 0.1) is 30.3 Å². The van der Waals surface area contributed by atoms with E-state index in [0.717, 1.165) is 28.0 Å². The zero-order chi connectivity index (χ0) is 26.6. The van der Waals surface area contributed by atoms with Crippen molar-refractivity contribution in [3.05, 3.63) is 94.0 Å². The molecule has 0 aromatic heterocycles. The maximum absolute atomic E-state index is 12.6. The maximum atomic E-state index is 12.6. The average molecular weight is 547 g/mol. The molecule has 0 amide bonds. The third-order valence-electron chi connectivity index (χ3n) is 6.34. The highest BCUT2D eigenvalue weighted by molar-refractivity contribution is 7.86. The molecule has 7 nitrogen and oxygen atoms in total. The molecule has 37 heavy (non-hydrogen) atoms. The molecule has 0 spiro atoms. The monoisotopic (exact) mass is 546 g/mol. The van der Waals surface area contributed by atoms with Crippen LogP contribution in [-0.2, 0) is 25.5 Å². The lowest BCUT2D eigenvalue weighted by atomic mass is 9.92. The van der Waals surface area contributed by atoms with Crippen molar-refractivity contribution in [1.82, 2.24) is 0 Å².